The molecular formula is C23H35N5S. The molecule has 0 aliphatic carbocycles. The molecular weight excluding hydrogens is 378 g/mol. The Bertz CT molecular complexity index is 756. The molecule has 3 heterocycles. The van der Waals surface area contributed by atoms with E-state index in [1.54, 1.807) is 0 Å². The fraction of sp³-hybridized carbons (Fsp3) is 0.652. The van der Waals surface area contributed by atoms with Gasteiger partial charge in [0.15, 0.2) is 0 Å². The quantitative estimate of drug-likeness (QED) is 0.686. The average molecular weight is 414 g/mol. The molecule has 2 aliphatic heterocycles. The first kappa shape index (κ1) is 20.5. The lowest BCUT2D eigenvalue weighted by Crippen LogP contribution is -2.41. The number of hydrogen-bond acceptors (Lipinski definition) is 6. The molecule has 29 heavy (non-hydrogen) atoms. The summed E-state index contributed by atoms with van der Waals surface area (Å²) in [6.07, 6.45) is 7.68. The summed E-state index contributed by atoms with van der Waals surface area (Å²) in [5.74, 6) is 2.60. The molecule has 0 spiro atoms. The van der Waals surface area contributed by atoms with Gasteiger partial charge in [-0.2, -0.15) is 9.36 Å². The van der Waals surface area contributed by atoms with Crippen molar-refractivity contribution in [1.29, 1.82) is 0 Å². The number of piperidine rings is 2. The summed E-state index contributed by atoms with van der Waals surface area (Å²) in [4.78, 5) is 11.7. The summed E-state index contributed by atoms with van der Waals surface area (Å²) in [7, 11) is 4.01. The molecule has 2 saturated heterocycles. The predicted octanol–water partition coefficient (Wildman–Crippen LogP) is 4.69. The normalized spacial score (nSPS) is 19.0. The number of rotatable bonds is 6. The molecule has 0 saturated carbocycles. The summed E-state index contributed by atoms with van der Waals surface area (Å²) in [6, 6.07) is 9.29. The second-order valence-corrected chi connectivity index (χ2v) is 9.57. The lowest BCUT2D eigenvalue weighted by molar-refractivity contribution is 0.233. The van der Waals surface area contributed by atoms with Crippen molar-refractivity contribution in [3.05, 3.63) is 29.8 Å². The van der Waals surface area contributed by atoms with Gasteiger partial charge in [0.2, 0.25) is 11.1 Å². The highest BCUT2D eigenvalue weighted by Gasteiger charge is 2.30. The molecule has 2 aromatic rings. The SMILES string of the molecule is CCCc1ccc(N2CCC(C3CCN(c4nc(N(C)C)ns4)CC3)CC2)cc1. The topological polar surface area (TPSA) is 35.5 Å². The first-order valence-corrected chi connectivity index (χ1v) is 12.0. The zero-order chi connectivity index (χ0) is 20.2. The van der Waals surface area contributed by atoms with Crippen LogP contribution in [0.15, 0.2) is 24.3 Å². The number of anilines is 3. The molecule has 2 aliphatic rings. The van der Waals surface area contributed by atoms with Crippen LogP contribution in [0.1, 0.15) is 44.6 Å². The Kier molecular flexibility index (Phi) is 6.58. The molecule has 6 heteroatoms. The number of hydrogen-bond donors (Lipinski definition) is 0. The van der Waals surface area contributed by atoms with Crippen molar-refractivity contribution in [2.24, 2.45) is 11.8 Å². The molecule has 0 amide bonds. The highest BCUT2D eigenvalue weighted by atomic mass is 32.1. The summed E-state index contributed by atoms with van der Waals surface area (Å²) in [5.41, 5.74) is 2.87. The van der Waals surface area contributed by atoms with Gasteiger partial charge in [0.25, 0.3) is 0 Å². The van der Waals surface area contributed by atoms with Crippen LogP contribution in [-0.2, 0) is 6.42 Å². The Labute approximate surface area is 179 Å². The van der Waals surface area contributed by atoms with Crippen LogP contribution < -0.4 is 14.7 Å². The Morgan fingerprint density at radius 3 is 2.03 bits per heavy atom. The van der Waals surface area contributed by atoms with Gasteiger partial charge in [-0.05, 0) is 61.6 Å². The van der Waals surface area contributed by atoms with Gasteiger partial charge < -0.3 is 14.7 Å². The van der Waals surface area contributed by atoms with E-state index in [4.69, 9.17) is 0 Å². The molecule has 158 valence electrons. The minimum absolute atomic E-state index is 0.835. The number of nitrogens with zero attached hydrogens (tertiary/aromatic N) is 5. The maximum absolute atomic E-state index is 4.68. The molecule has 1 aromatic heterocycles. The van der Waals surface area contributed by atoms with Crippen molar-refractivity contribution < 1.29 is 0 Å². The van der Waals surface area contributed by atoms with Crippen molar-refractivity contribution in [1.82, 2.24) is 9.36 Å². The van der Waals surface area contributed by atoms with Crippen LogP contribution in [0.25, 0.3) is 0 Å². The van der Waals surface area contributed by atoms with Crippen molar-refractivity contribution in [3.63, 3.8) is 0 Å². The molecule has 0 radical (unpaired) electrons. The van der Waals surface area contributed by atoms with E-state index in [2.05, 4.69) is 50.3 Å². The minimum atomic E-state index is 0.835. The molecule has 5 nitrogen and oxygen atoms in total. The predicted molar refractivity (Wildman–Crippen MR) is 125 cm³/mol. The minimum Gasteiger partial charge on any atom is -0.372 e. The molecule has 1 aromatic carbocycles. The molecule has 0 unspecified atom stereocenters. The Morgan fingerprint density at radius 1 is 0.931 bits per heavy atom. The summed E-state index contributed by atoms with van der Waals surface area (Å²) in [5, 5.41) is 1.09. The molecule has 0 bridgehead atoms. The lowest BCUT2D eigenvalue weighted by Gasteiger charge is -2.40. The van der Waals surface area contributed by atoms with Crippen LogP contribution in [-0.4, -0.2) is 49.6 Å². The third-order valence-electron chi connectivity index (χ3n) is 6.66. The average Bonchev–Trinajstić information content (AvgIpc) is 3.26. The second kappa shape index (κ2) is 9.33. The molecule has 0 atom stereocenters. The monoisotopic (exact) mass is 413 g/mol. The summed E-state index contributed by atoms with van der Waals surface area (Å²) < 4.78 is 4.46. The van der Waals surface area contributed by atoms with Gasteiger partial charge in [0, 0.05) is 57.5 Å². The van der Waals surface area contributed by atoms with Gasteiger partial charge in [0.1, 0.15) is 0 Å². The second-order valence-electron chi connectivity index (χ2n) is 8.84. The van der Waals surface area contributed by atoms with Crippen molar-refractivity contribution in [2.75, 3.05) is 55.0 Å². The van der Waals surface area contributed by atoms with E-state index in [9.17, 15) is 0 Å². The van der Waals surface area contributed by atoms with E-state index in [0.717, 1.165) is 36.0 Å². The Hall–Kier alpha value is -1.82. The van der Waals surface area contributed by atoms with Crippen LogP contribution in [0.3, 0.4) is 0 Å². The van der Waals surface area contributed by atoms with Gasteiger partial charge in [-0.3, -0.25) is 0 Å². The zero-order valence-corrected chi connectivity index (χ0v) is 19.0. The third-order valence-corrected chi connectivity index (χ3v) is 7.43. The first-order valence-electron chi connectivity index (χ1n) is 11.2. The van der Waals surface area contributed by atoms with E-state index < -0.39 is 0 Å². The maximum Gasteiger partial charge on any atom is 0.238 e. The van der Waals surface area contributed by atoms with E-state index >= 15 is 0 Å². The van der Waals surface area contributed by atoms with Crippen molar-refractivity contribution in [3.8, 4) is 0 Å². The highest BCUT2D eigenvalue weighted by Crippen LogP contribution is 2.35. The molecule has 2 fully saturated rings. The van der Waals surface area contributed by atoms with Crippen LogP contribution in [0.2, 0.25) is 0 Å². The standard InChI is InChI=1S/C23H35N5S/c1-4-5-18-6-8-21(9-7-18)27-14-10-19(11-15-27)20-12-16-28(17-13-20)23-24-22(25-29-23)26(2)3/h6-9,19-20H,4-5,10-17H2,1-3H3. The smallest absolute Gasteiger partial charge is 0.238 e. The van der Waals surface area contributed by atoms with E-state index in [1.807, 2.05) is 19.0 Å². The Balaban J connectivity index is 1.25. The van der Waals surface area contributed by atoms with E-state index in [-0.39, 0.29) is 0 Å². The van der Waals surface area contributed by atoms with E-state index in [1.165, 1.54) is 74.4 Å². The van der Waals surface area contributed by atoms with Gasteiger partial charge in [-0.15, -0.1) is 0 Å². The molecule has 0 N–H and O–H groups in total. The zero-order valence-electron chi connectivity index (χ0n) is 18.2. The van der Waals surface area contributed by atoms with Crippen LogP contribution in [0, 0.1) is 11.8 Å². The summed E-state index contributed by atoms with van der Waals surface area (Å²) in [6.45, 7) is 6.93. The number of aryl methyl sites for hydroxylation is 1. The fourth-order valence-corrected chi connectivity index (χ4v) is 5.66. The van der Waals surface area contributed by atoms with Gasteiger partial charge in [-0.1, -0.05) is 25.5 Å². The summed E-state index contributed by atoms with van der Waals surface area (Å²) >= 11 is 1.54. The first-order chi connectivity index (χ1) is 14.1. The van der Waals surface area contributed by atoms with Crippen LogP contribution >= 0.6 is 11.5 Å². The Morgan fingerprint density at radius 2 is 1.52 bits per heavy atom. The van der Waals surface area contributed by atoms with Gasteiger partial charge in [0.05, 0.1) is 0 Å². The third kappa shape index (κ3) is 4.85. The van der Waals surface area contributed by atoms with Crippen molar-refractivity contribution >= 4 is 28.3 Å². The largest absolute Gasteiger partial charge is 0.372 e. The maximum atomic E-state index is 4.68. The number of benzene rings is 1. The van der Waals surface area contributed by atoms with Crippen LogP contribution in [0.5, 0.6) is 0 Å². The van der Waals surface area contributed by atoms with Gasteiger partial charge >= 0.3 is 0 Å². The van der Waals surface area contributed by atoms with Crippen LogP contribution in [0.4, 0.5) is 16.8 Å². The highest BCUT2D eigenvalue weighted by molar-refractivity contribution is 7.09. The van der Waals surface area contributed by atoms with E-state index in [0.29, 0.717) is 0 Å². The van der Waals surface area contributed by atoms with Crippen molar-refractivity contribution in [2.45, 2.75) is 45.4 Å². The fourth-order valence-electron chi connectivity index (χ4n) is 4.87. The number of aromatic nitrogens is 2. The van der Waals surface area contributed by atoms with Gasteiger partial charge in [-0.25, -0.2) is 0 Å². The lowest BCUT2D eigenvalue weighted by atomic mass is 9.79. The molecule has 4 rings (SSSR count).